The van der Waals surface area contributed by atoms with Crippen molar-refractivity contribution in [2.45, 2.75) is 97.4 Å². The molecular formula is C29H52N2O2. The predicted molar refractivity (Wildman–Crippen MR) is 136 cm³/mol. The van der Waals surface area contributed by atoms with Crippen LogP contribution in [0.4, 0.5) is 0 Å². The van der Waals surface area contributed by atoms with Crippen LogP contribution in [0.15, 0.2) is 0 Å². The van der Waals surface area contributed by atoms with E-state index in [-0.39, 0.29) is 5.97 Å². The van der Waals surface area contributed by atoms with Crippen LogP contribution < -0.4 is 5.32 Å². The topological polar surface area (TPSA) is 41.6 Å². The van der Waals surface area contributed by atoms with Crippen molar-refractivity contribution >= 4 is 5.97 Å². The minimum atomic E-state index is -0.0386. The van der Waals surface area contributed by atoms with Gasteiger partial charge in [-0.15, -0.1) is 0 Å². The molecule has 4 aliphatic rings. The van der Waals surface area contributed by atoms with Gasteiger partial charge in [-0.1, -0.05) is 20.8 Å². The average Bonchev–Trinajstić information content (AvgIpc) is 3.14. The number of esters is 1. The van der Waals surface area contributed by atoms with Gasteiger partial charge in [0, 0.05) is 25.6 Å². The first-order chi connectivity index (χ1) is 15.7. The van der Waals surface area contributed by atoms with Gasteiger partial charge in [0.25, 0.3) is 0 Å². The van der Waals surface area contributed by atoms with E-state index in [2.05, 4.69) is 45.1 Å². The summed E-state index contributed by atoms with van der Waals surface area (Å²) in [5.41, 5.74) is 1.06. The number of nitrogens with zero attached hydrogens (tertiary/aromatic N) is 1. The molecule has 0 aliphatic heterocycles. The van der Waals surface area contributed by atoms with Gasteiger partial charge in [0.2, 0.25) is 0 Å². The van der Waals surface area contributed by atoms with E-state index in [4.69, 9.17) is 4.74 Å². The molecule has 0 radical (unpaired) electrons. The molecule has 0 aromatic rings. The summed E-state index contributed by atoms with van der Waals surface area (Å²) in [5.74, 6) is 5.10. The Bertz CT molecular complexity index is 681. The van der Waals surface area contributed by atoms with Crippen molar-refractivity contribution < 1.29 is 9.53 Å². The molecule has 0 aromatic carbocycles. The lowest BCUT2D eigenvalue weighted by molar-refractivity contribution is -0.141. The molecule has 4 nitrogen and oxygen atoms in total. The summed E-state index contributed by atoms with van der Waals surface area (Å²) in [6.07, 6.45) is 14.4. The van der Waals surface area contributed by atoms with Crippen LogP contribution in [-0.4, -0.2) is 51.2 Å². The lowest BCUT2D eigenvalue weighted by Crippen LogP contribution is -2.55. The molecule has 4 fully saturated rings. The SMILES string of the molecule is COC(=O)CCC(C)[C@H]1CCC2C3CC[C@H]4C[C@H](NCCN(C)C)CC[C@]4(C)C3CC[C@@]21C. The fourth-order valence-corrected chi connectivity index (χ4v) is 9.56. The minimum Gasteiger partial charge on any atom is -0.469 e. The average molecular weight is 461 g/mol. The van der Waals surface area contributed by atoms with Crippen LogP contribution >= 0.6 is 0 Å². The Balaban J connectivity index is 1.39. The van der Waals surface area contributed by atoms with Gasteiger partial charge in [-0.25, -0.2) is 0 Å². The van der Waals surface area contributed by atoms with Gasteiger partial charge in [0.05, 0.1) is 7.11 Å². The number of carbonyl (C=O) groups excluding carboxylic acids is 1. The smallest absolute Gasteiger partial charge is 0.305 e. The summed E-state index contributed by atoms with van der Waals surface area (Å²) in [5, 5.41) is 3.89. The van der Waals surface area contributed by atoms with E-state index in [0.29, 0.717) is 23.2 Å². The Labute approximate surface area is 204 Å². The molecular weight excluding hydrogens is 408 g/mol. The fourth-order valence-electron chi connectivity index (χ4n) is 9.56. The maximum Gasteiger partial charge on any atom is 0.305 e. The molecule has 4 aliphatic carbocycles. The Kier molecular flexibility index (Phi) is 7.85. The van der Waals surface area contributed by atoms with Crippen molar-refractivity contribution in [3.63, 3.8) is 0 Å². The van der Waals surface area contributed by atoms with Crippen LogP contribution in [-0.2, 0) is 9.53 Å². The molecule has 0 heterocycles. The van der Waals surface area contributed by atoms with Crippen molar-refractivity contribution in [3.8, 4) is 0 Å². The number of nitrogens with one attached hydrogen (secondary N) is 1. The predicted octanol–water partition coefficient (Wildman–Crippen LogP) is 5.75. The summed E-state index contributed by atoms with van der Waals surface area (Å²) < 4.78 is 4.92. The first kappa shape index (κ1) is 25.5. The van der Waals surface area contributed by atoms with E-state index in [1.165, 1.54) is 64.9 Å². The molecule has 4 unspecified atom stereocenters. The molecule has 0 spiro atoms. The van der Waals surface area contributed by atoms with Crippen molar-refractivity contribution in [1.82, 2.24) is 10.2 Å². The monoisotopic (exact) mass is 460 g/mol. The Morgan fingerprint density at radius 3 is 2.48 bits per heavy atom. The standard InChI is InChI=1S/C29H52N2O2/c1-20(7-12-27(32)33-6)24-10-11-25-23-9-8-21-19-22(30-17-18-31(4)5)13-15-28(21,2)26(23)14-16-29(24,25)3/h20-26,30H,7-19H2,1-6H3/t20?,21-,22+,23?,24+,25?,26?,28-,29+/m0/s1. The first-order valence-corrected chi connectivity index (χ1v) is 14.1. The van der Waals surface area contributed by atoms with Gasteiger partial charge >= 0.3 is 5.97 Å². The summed E-state index contributed by atoms with van der Waals surface area (Å²) >= 11 is 0. The number of rotatable bonds is 8. The molecule has 0 amide bonds. The second-order valence-corrected chi connectivity index (χ2v) is 13.2. The molecule has 4 rings (SSSR count). The van der Waals surface area contributed by atoms with Crippen LogP contribution in [0.3, 0.4) is 0 Å². The van der Waals surface area contributed by atoms with E-state index in [0.717, 1.165) is 55.1 Å². The van der Waals surface area contributed by atoms with E-state index in [9.17, 15) is 4.79 Å². The summed E-state index contributed by atoms with van der Waals surface area (Å²) in [6, 6.07) is 0.736. The highest BCUT2D eigenvalue weighted by Crippen LogP contribution is 2.68. The van der Waals surface area contributed by atoms with Crippen LogP contribution in [0, 0.1) is 46.3 Å². The second-order valence-electron chi connectivity index (χ2n) is 13.2. The molecule has 0 bridgehead atoms. The number of likely N-dealkylation sites (N-methyl/N-ethyl adjacent to an activating group) is 1. The largest absolute Gasteiger partial charge is 0.469 e. The lowest BCUT2D eigenvalue weighted by atomic mass is 9.44. The summed E-state index contributed by atoms with van der Waals surface area (Å²) in [4.78, 5) is 14.0. The highest BCUT2D eigenvalue weighted by molar-refractivity contribution is 5.69. The Morgan fingerprint density at radius 2 is 1.76 bits per heavy atom. The highest BCUT2D eigenvalue weighted by atomic mass is 16.5. The van der Waals surface area contributed by atoms with Crippen LogP contribution in [0.25, 0.3) is 0 Å². The number of hydrogen-bond acceptors (Lipinski definition) is 4. The maximum absolute atomic E-state index is 11.7. The Morgan fingerprint density at radius 1 is 1.03 bits per heavy atom. The van der Waals surface area contributed by atoms with Gasteiger partial charge in [-0.3, -0.25) is 4.79 Å². The van der Waals surface area contributed by atoms with Gasteiger partial charge in [-0.2, -0.15) is 0 Å². The zero-order chi connectivity index (χ0) is 23.8. The zero-order valence-corrected chi connectivity index (χ0v) is 22.5. The fraction of sp³-hybridized carbons (Fsp3) is 0.966. The van der Waals surface area contributed by atoms with Crippen LogP contribution in [0.5, 0.6) is 0 Å². The van der Waals surface area contributed by atoms with Crippen molar-refractivity contribution in [1.29, 1.82) is 0 Å². The van der Waals surface area contributed by atoms with Gasteiger partial charge in [0.1, 0.15) is 0 Å². The normalized spacial score (nSPS) is 43.5. The van der Waals surface area contributed by atoms with Crippen molar-refractivity contribution in [2.24, 2.45) is 46.3 Å². The third kappa shape index (κ3) is 4.90. The van der Waals surface area contributed by atoms with Gasteiger partial charge < -0.3 is 15.0 Å². The van der Waals surface area contributed by atoms with Crippen molar-refractivity contribution in [2.75, 3.05) is 34.3 Å². The summed E-state index contributed by atoms with van der Waals surface area (Å²) in [6.45, 7) is 10.0. The minimum absolute atomic E-state index is 0.0386. The third-order valence-electron chi connectivity index (χ3n) is 11.4. The molecule has 33 heavy (non-hydrogen) atoms. The summed E-state index contributed by atoms with van der Waals surface area (Å²) in [7, 11) is 5.86. The number of methoxy groups -OCH3 is 1. The van der Waals surface area contributed by atoms with Gasteiger partial charge in [0.15, 0.2) is 0 Å². The molecule has 4 saturated carbocycles. The van der Waals surface area contributed by atoms with E-state index >= 15 is 0 Å². The van der Waals surface area contributed by atoms with Gasteiger partial charge in [-0.05, 0) is 125 Å². The third-order valence-corrected chi connectivity index (χ3v) is 11.4. The molecule has 4 heteroatoms. The quantitative estimate of drug-likeness (QED) is 0.468. The molecule has 0 aromatic heterocycles. The van der Waals surface area contributed by atoms with Crippen molar-refractivity contribution in [3.05, 3.63) is 0 Å². The maximum atomic E-state index is 11.7. The van der Waals surface area contributed by atoms with E-state index < -0.39 is 0 Å². The number of carbonyl (C=O) groups is 1. The molecule has 190 valence electrons. The molecule has 9 atom stereocenters. The molecule has 0 saturated heterocycles. The zero-order valence-electron chi connectivity index (χ0n) is 22.5. The lowest BCUT2D eigenvalue weighted by Gasteiger charge is -2.61. The molecule has 1 N–H and O–H groups in total. The van der Waals surface area contributed by atoms with Crippen LogP contribution in [0.1, 0.15) is 91.4 Å². The number of fused-ring (bicyclic) bond motifs is 5. The number of ether oxygens (including phenoxy) is 1. The Hall–Kier alpha value is -0.610. The van der Waals surface area contributed by atoms with E-state index in [1.807, 2.05) is 0 Å². The highest BCUT2D eigenvalue weighted by Gasteiger charge is 2.60. The number of hydrogen-bond donors (Lipinski definition) is 1. The second kappa shape index (κ2) is 10.2. The first-order valence-electron chi connectivity index (χ1n) is 14.1. The van der Waals surface area contributed by atoms with E-state index in [1.54, 1.807) is 0 Å². The van der Waals surface area contributed by atoms with Crippen LogP contribution in [0.2, 0.25) is 0 Å².